The molecule has 1 amide bonds. The smallest absolute Gasteiger partial charge is 0.305 e. The van der Waals surface area contributed by atoms with Crippen LogP contribution in [0.4, 0.5) is 19.6 Å². The highest BCUT2D eigenvalue weighted by atomic mass is 32.1. The minimum Gasteiger partial charge on any atom is -0.305 e. The summed E-state index contributed by atoms with van der Waals surface area (Å²) in [6.07, 6.45) is 1.37. The van der Waals surface area contributed by atoms with E-state index < -0.39 is 22.5 Å². The Morgan fingerprint density at radius 2 is 1.97 bits per heavy atom. The predicted octanol–water partition coefficient (Wildman–Crippen LogP) is 4.85. The molecular formula is C23H11F2N7O3S. The van der Waals surface area contributed by atoms with Crippen LogP contribution in [-0.2, 0) is 0 Å². The van der Waals surface area contributed by atoms with Gasteiger partial charge in [0, 0.05) is 11.6 Å². The van der Waals surface area contributed by atoms with Crippen LogP contribution in [0, 0.1) is 33.1 Å². The number of hydrogen-bond donors (Lipinski definition) is 1. The molecule has 36 heavy (non-hydrogen) atoms. The normalized spacial score (nSPS) is 10.8. The van der Waals surface area contributed by atoms with Gasteiger partial charge in [-0.25, -0.2) is 23.4 Å². The van der Waals surface area contributed by atoms with E-state index in [-0.39, 0.29) is 43.7 Å². The van der Waals surface area contributed by atoms with Crippen molar-refractivity contribution in [2.45, 2.75) is 0 Å². The number of carbonyl (C=O) groups is 1. The standard InChI is InChI=1S/C23H11F2N7O3S/c24-14-2-1-3-15(9-14)31-22-16(11-27-31)21(30-23(33)18-6-7-19(36-18)32(34)35)28-20(29-22)12-4-5-13(10-26)17(25)8-12/h1-9,11H,(H,28,29,30,33). The molecular weight excluding hydrogens is 492 g/mol. The Kier molecular flexibility index (Phi) is 5.63. The van der Waals surface area contributed by atoms with E-state index in [0.29, 0.717) is 17.0 Å². The van der Waals surface area contributed by atoms with Gasteiger partial charge in [-0.05, 0) is 42.5 Å². The third-order valence-electron chi connectivity index (χ3n) is 5.06. The lowest BCUT2D eigenvalue weighted by Gasteiger charge is -2.09. The molecule has 3 aromatic heterocycles. The average Bonchev–Trinajstić information content (AvgIpc) is 3.52. The highest BCUT2D eigenvalue weighted by Gasteiger charge is 2.20. The second-order valence-corrected chi connectivity index (χ2v) is 8.39. The van der Waals surface area contributed by atoms with Gasteiger partial charge in [-0.2, -0.15) is 10.4 Å². The van der Waals surface area contributed by atoms with Crippen molar-refractivity contribution in [1.29, 1.82) is 5.26 Å². The van der Waals surface area contributed by atoms with Crippen LogP contribution in [0.5, 0.6) is 0 Å². The zero-order chi connectivity index (χ0) is 25.4. The molecule has 0 spiro atoms. The summed E-state index contributed by atoms with van der Waals surface area (Å²) in [5.41, 5.74) is 0.565. The van der Waals surface area contributed by atoms with Gasteiger partial charge >= 0.3 is 5.00 Å². The topological polar surface area (TPSA) is 140 Å². The van der Waals surface area contributed by atoms with E-state index in [4.69, 9.17) is 5.26 Å². The summed E-state index contributed by atoms with van der Waals surface area (Å²) in [5.74, 6) is -1.95. The second-order valence-electron chi connectivity index (χ2n) is 7.32. The van der Waals surface area contributed by atoms with Crippen LogP contribution < -0.4 is 5.32 Å². The van der Waals surface area contributed by atoms with Gasteiger partial charge in [0.2, 0.25) is 0 Å². The lowest BCUT2D eigenvalue weighted by Crippen LogP contribution is -2.13. The summed E-state index contributed by atoms with van der Waals surface area (Å²) in [5, 5.41) is 26.9. The number of carbonyl (C=O) groups excluding carboxylic acids is 1. The number of anilines is 1. The molecule has 5 rings (SSSR count). The number of benzene rings is 2. The Bertz CT molecular complexity index is 1720. The quantitative estimate of drug-likeness (QED) is 0.267. The number of thiophene rings is 1. The first-order chi connectivity index (χ1) is 17.3. The van der Waals surface area contributed by atoms with Gasteiger partial charge < -0.3 is 5.32 Å². The van der Waals surface area contributed by atoms with E-state index in [1.165, 1.54) is 53.3 Å². The molecule has 0 bridgehead atoms. The summed E-state index contributed by atoms with van der Waals surface area (Å²) in [4.78, 5) is 32.1. The molecule has 176 valence electrons. The first-order valence-electron chi connectivity index (χ1n) is 10.1. The largest absolute Gasteiger partial charge is 0.324 e. The molecule has 0 saturated heterocycles. The summed E-state index contributed by atoms with van der Waals surface area (Å²) < 4.78 is 29.5. The molecule has 10 nitrogen and oxygen atoms in total. The summed E-state index contributed by atoms with van der Waals surface area (Å²) in [6.45, 7) is 0. The lowest BCUT2D eigenvalue weighted by molar-refractivity contribution is -0.380. The van der Waals surface area contributed by atoms with Crippen molar-refractivity contribution in [1.82, 2.24) is 19.7 Å². The third kappa shape index (κ3) is 4.12. The molecule has 0 radical (unpaired) electrons. The van der Waals surface area contributed by atoms with Gasteiger partial charge in [0.25, 0.3) is 5.91 Å². The Labute approximate surface area is 204 Å². The fraction of sp³-hybridized carbons (Fsp3) is 0. The number of amides is 1. The Hall–Kier alpha value is -5.09. The summed E-state index contributed by atoms with van der Waals surface area (Å²) in [6, 6.07) is 13.6. The number of halogens is 2. The van der Waals surface area contributed by atoms with Crippen molar-refractivity contribution < 1.29 is 18.5 Å². The molecule has 1 N–H and O–H groups in total. The Morgan fingerprint density at radius 1 is 1.14 bits per heavy atom. The van der Waals surface area contributed by atoms with E-state index in [2.05, 4.69) is 20.4 Å². The van der Waals surface area contributed by atoms with Gasteiger partial charge in [-0.3, -0.25) is 14.9 Å². The van der Waals surface area contributed by atoms with Crippen molar-refractivity contribution in [3.05, 3.63) is 93.0 Å². The molecule has 2 aromatic carbocycles. The van der Waals surface area contributed by atoms with Gasteiger partial charge in [0.1, 0.15) is 23.5 Å². The van der Waals surface area contributed by atoms with E-state index >= 15 is 0 Å². The minimum atomic E-state index is -0.784. The minimum absolute atomic E-state index is 0.00322. The number of rotatable bonds is 5. The highest BCUT2D eigenvalue weighted by Crippen LogP contribution is 2.29. The van der Waals surface area contributed by atoms with E-state index in [0.717, 1.165) is 6.07 Å². The molecule has 0 saturated carbocycles. The van der Waals surface area contributed by atoms with Crippen molar-refractivity contribution in [3.63, 3.8) is 0 Å². The van der Waals surface area contributed by atoms with Crippen molar-refractivity contribution in [2.75, 3.05) is 5.32 Å². The van der Waals surface area contributed by atoms with Crippen LogP contribution in [0.3, 0.4) is 0 Å². The van der Waals surface area contributed by atoms with Crippen LogP contribution in [0.25, 0.3) is 28.1 Å². The summed E-state index contributed by atoms with van der Waals surface area (Å²) in [7, 11) is 0. The number of aromatic nitrogens is 4. The van der Waals surface area contributed by atoms with Crippen LogP contribution in [-0.4, -0.2) is 30.6 Å². The predicted molar refractivity (Wildman–Crippen MR) is 126 cm³/mol. The number of fused-ring (bicyclic) bond motifs is 1. The van der Waals surface area contributed by atoms with Crippen molar-refractivity contribution >= 4 is 39.1 Å². The van der Waals surface area contributed by atoms with Gasteiger partial charge in [-0.15, -0.1) is 0 Å². The van der Waals surface area contributed by atoms with Crippen LogP contribution in [0.15, 0.2) is 60.8 Å². The molecule has 13 heteroatoms. The fourth-order valence-electron chi connectivity index (χ4n) is 3.39. The van der Waals surface area contributed by atoms with Gasteiger partial charge in [0.05, 0.1) is 32.6 Å². The number of nitrogens with one attached hydrogen (secondary N) is 1. The van der Waals surface area contributed by atoms with Gasteiger partial charge in [0.15, 0.2) is 11.5 Å². The molecule has 0 aliphatic heterocycles. The highest BCUT2D eigenvalue weighted by molar-refractivity contribution is 7.17. The van der Waals surface area contributed by atoms with Crippen molar-refractivity contribution in [3.8, 4) is 23.1 Å². The average molecular weight is 503 g/mol. The number of nitriles is 1. The van der Waals surface area contributed by atoms with E-state index in [9.17, 15) is 23.7 Å². The lowest BCUT2D eigenvalue weighted by atomic mass is 10.1. The first-order valence-corrected chi connectivity index (χ1v) is 10.9. The SMILES string of the molecule is N#Cc1ccc(-c2nc(NC(=O)c3ccc([N+](=O)[O-])s3)c3cnn(-c4cccc(F)c4)c3n2)cc1F. The van der Waals surface area contributed by atoms with Crippen LogP contribution in [0.1, 0.15) is 15.2 Å². The molecule has 5 aromatic rings. The molecule has 0 aliphatic rings. The zero-order valence-electron chi connectivity index (χ0n) is 17.8. The maximum Gasteiger partial charge on any atom is 0.324 e. The number of hydrogen-bond acceptors (Lipinski definition) is 8. The number of nitro groups is 1. The maximum absolute atomic E-state index is 14.3. The maximum atomic E-state index is 14.3. The third-order valence-corrected chi connectivity index (χ3v) is 6.09. The molecule has 3 heterocycles. The molecule has 0 atom stereocenters. The second kappa shape index (κ2) is 8.93. The first kappa shape index (κ1) is 22.7. The van der Waals surface area contributed by atoms with Gasteiger partial charge in [-0.1, -0.05) is 17.4 Å². The molecule has 0 unspecified atom stereocenters. The van der Waals surface area contributed by atoms with Crippen LogP contribution in [0.2, 0.25) is 0 Å². The monoisotopic (exact) mass is 503 g/mol. The van der Waals surface area contributed by atoms with E-state index in [1.54, 1.807) is 12.1 Å². The Balaban J connectivity index is 1.66. The Morgan fingerprint density at radius 3 is 2.67 bits per heavy atom. The van der Waals surface area contributed by atoms with Crippen LogP contribution >= 0.6 is 11.3 Å². The fourth-order valence-corrected chi connectivity index (χ4v) is 4.11. The molecule has 0 fully saturated rings. The number of nitrogens with zero attached hydrogens (tertiary/aromatic N) is 6. The summed E-state index contributed by atoms with van der Waals surface area (Å²) >= 11 is 0.687. The van der Waals surface area contributed by atoms with E-state index in [1.807, 2.05) is 0 Å². The molecule has 0 aliphatic carbocycles. The zero-order valence-corrected chi connectivity index (χ0v) is 18.7. The van der Waals surface area contributed by atoms with Crippen molar-refractivity contribution in [2.24, 2.45) is 0 Å².